The van der Waals surface area contributed by atoms with Gasteiger partial charge in [0.25, 0.3) is 0 Å². The number of hydrogen-bond donors (Lipinski definition) is 0. The van der Waals surface area contributed by atoms with Crippen LogP contribution in [0.4, 0.5) is 0 Å². The molecular weight excluding hydrogens is 227 g/mol. The molecule has 0 aliphatic carbocycles. The molecule has 0 N–H and O–H groups in total. The van der Waals surface area contributed by atoms with E-state index in [1.54, 1.807) is 18.5 Å². The van der Waals surface area contributed by atoms with Crippen LogP contribution < -0.4 is 29.6 Å². The predicted octanol–water partition coefficient (Wildman–Crippen LogP) is -3.10. The maximum Gasteiger partial charge on any atom is 1.00 e. The molecule has 0 amide bonds. The smallest absolute Gasteiger partial charge is 0.767 e. The number of nitrogens with zero attached hydrogens (tertiary/aromatic N) is 4. The summed E-state index contributed by atoms with van der Waals surface area (Å²) in [5.41, 5.74) is 0. The normalized spacial score (nSPS) is 11.8. The van der Waals surface area contributed by atoms with Gasteiger partial charge in [0.05, 0.1) is 0 Å². The molecule has 1 unspecified atom stereocenters. The Labute approximate surface area is 110 Å². The van der Waals surface area contributed by atoms with Crippen LogP contribution >= 0.6 is 0 Å². The minimum Gasteiger partial charge on any atom is -0.767 e. The minimum absolute atomic E-state index is 0. The first-order valence-corrected chi connectivity index (χ1v) is 4.78. The second kappa shape index (κ2) is 5.47. The predicted molar refractivity (Wildman–Crippen MR) is 46.3 cm³/mol. The van der Waals surface area contributed by atoms with E-state index in [2.05, 4.69) is 15.3 Å². The van der Waals surface area contributed by atoms with Crippen LogP contribution in [0.5, 0.6) is 0 Å². The van der Waals surface area contributed by atoms with Crippen LogP contribution in [0.1, 0.15) is 0 Å². The standard InChI is InChI=1S/C7H6N4O2S.Na/c12-14(13)7-3-2-6(9-10-7)11-5-1-4-8-11;/h1-5H,(H,12,13);/q;+1/p-1. The van der Waals surface area contributed by atoms with Crippen LogP contribution in [-0.2, 0) is 11.1 Å². The van der Waals surface area contributed by atoms with Crippen molar-refractivity contribution in [3.05, 3.63) is 30.6 Å². The Kier molecular flexibility index (Phi) is 4.55. The molecule has 8 heteroatoms. The number of rotatable bonds is 2. The van der Waals surface area contributed by atoms with E-state index < -0.39 is 11.1 Å². The van der Waals surface area contributed by atoms with Crippen molar-refractivity contribution in [2.45, 2.75) is 5.03 Å². The fourth-order valence-corrected chi connectivity index (χ4v) is 1.22. The Bertz CT molecular complexity index is 445. The van der Waals surface area contributed by atoms with Gasteiger partial charge in [-0.05, 0) is 29.3 Å². The molecule has 0 aliphatic rings. The third-order valence-electron chi connectivity index (χ3n) is 1.54. The molecule has 2 aromatic rings. The van der Waals surface area contributed by atoms with Crippen molar-refractivity contribution in [3.8, 4) is 5.82 Å². The van der Waals surface area contributed by atoms with Crippen molar-refractivity contribution in [1.29, 1.82) is 0 Å². The van der Waals surface area contributed by atoms with Gasteiger partial charge in [-0.25, -0.2) is 4.68 Å². The second-order valence-electron chi connectivity index (χ2n) is 2.42. The average molecular weight is 232 g/mol. The van der Waals surface area contributed by atoms with Gasteiger partial charge >= 0.3 is 29.6 Å². The van der Waals surface area contributed by atoms with Crippen LogP contribution in [0.15, 0.2) is 35.6 Å². The third kappa shape index (κ3) is 2.93. The Balaban J connectivity index is 0.00000112. The fourth-order valence-electron chi connectivity index (χ4n) is 0.928. The van der Waals surface area contributed by atoms with Gasteiger partial charge < -0.3 is 4.55 Å². The Morgan fingerprint density at radius 2 is 2.13 bits per heavy atom. The summed E-state index contributed by atoms with van der Waals surface area (Å²) < 4.78 is 22.4. The molecule has 1 atom stereocenters. The van der Waals surface area contributed by atoms with Crippen LogP contribution in [0.25, 0.3) is 5.82 Å². The maximum atomic E-state index is 10.5. The quantitative estimate of drug-likeness (QED) is 0.404. The first-order chi connectivity index (χ1) is 6.77. The van der Waals surface area contributed by atoms with E-state index in [-0.39, 0.29) is 34.6 Å². The Hall–Kier alpha value is -0.600. The van der Waals surface area contributed by atoms with Gasteiger partial charge in [-0.3, -0.25) is 4.21 Å². The fraction of sp³-hybridized carbons (Fsp3) is 0. The monoisotopic (exact) mass is 232 g/mol. The van der Waals surface area contributed by atoms with Gasteiger partial charge in [0.2, 0.25) is 0 Å². The first-order valence-electron chi connectivity index (χ1n) is 3.70. The molecule has 72 valence electrons. The van der Waals surface area contributed by atoms with Crippen molar-refractivity contribution in [1.82, 2.24) is 20.0 Å². The zero-order chi connectivity index (χ0) is 9.97. The Morgan fingerprint density at radius 1 is 1.33 bits per heavy atom. The molecular formula is C7H5N4NaO2S. The molecule has 0 saturated heterocycles. The summed E-state index contributed by atoms with van der Waals surface area (Å²) in [6.45, 7) is 0. The van der Waals surface area contributed by atoms with Crippen molar-refractivity contribution in [3.63, 3.8) is 0 Å². The van der Waals surface area contributed by atoms with Gasteiger partial charge in [-0.1, -0.05) is 0 Å². The van der Waals surface area contributed by atoms with Crippen molar-refractivity contribution >= 4 is 11.1 Å². The van der Waals surface area contributed by atoms with Gasteiger partial charge in [0.1, 0.15) is 5.03 Å². The summed E-state index contributed by atoms with van der Waals surface area (Å²) >= 11 is -2.34. The van der Waals surface area contributed by atoms with Gasteiger partial charge in [-0.15, -0.1) is 10.2 Å². The van der Waals surface area contributed by atoms with Crippen LogP contribution in [-0.4, -0.2) is 28.7 Å². The van der Waals surface area contributed by atoms with Gasteiger partial charge in [0, 0.05) is 12.4 Å². The van der Waals surface area contributed by atoms with Crippen LogP contribution in [0.2, 0.25) is 0 Å². The van der Waals surface area contributed by atoms with E-state index >= 15 is 0 Å². The summed E-state index contributed by atoms with van der Waals surface area (Å²) in [7, 11) is 0. The van der Waals surface area contributed by atoms with E-state index in [0.29, 0.717) is 5.82 Å². The van der Waals surface area contributed by atoms with Gasteiger partial charge in [0.15, 0.2) is 5.82 Å². The number of aromatic nitrogens is 4. The molecule has 6 nitrogen and oxygen atoms in total. The molecule has 0 radical (unpaired) electrons. The van der Waals surface area contributed by atoms with E-state index in [4.69, 9.17) is 0 Å². The summed E-state index contributed by atoms with van der Waals surface area (Å²) in [5.74, 6) is 0.476. The molecule has 15 heavy (non-hydrogen) atoms. The van der Waals surface area contributed by atoms with E-state index in [9.17, 15) is 8.76 Å². The molecule has 0 saturated carbocycles. The topological polar surface area (TPSA) is 83.7 Å². The summed E-state index contributed by atoms with van der Waals surface area (Å²) in [6.07, 6.45) is 3.29. The summed E-state index contributed by atoms with van der Waals surface area (Å²) in [5, 5.41) is 11.0. The first kappa shape index (κ1) is 12.5. The van der Waals surface area contributed by atoms with E-state index in [0.717, 1.165) is 0 Å². The zero-order valence-electron chi connectivity index (χ0n) is 7.90. The molecule has 0 spiro atoms. The van der Waals surface area contributed by atoms with E-state index in [1.807, 2.05) is 0 Å². The molecule has 2 heterocycles. The largest absolute Gasteiger partial charge is 1.00 e. The summed E-state index contributed by atoms with van der Waals surface area (Å²) in [4.78, 5) is 0. The molecule has 2 rings (SSSR count). The second-order valence-corrected chi connectivity index (χ2v) is 3.30. The van der Waals surface area contributed by atoms with Gasteiger partial charge in [-0.2, -0.15) is 5.10 Å². The molecule has 2 aromatic heterocycles. The molecule has 0 fully saturated rings. The number of hydrogen-bond acceptors (Lipinski definition) is 5. The molecule has 0 bridgehead atoms. The maximum absolute atomic E-state index is 10.5. The molecule has 0 aromatic carbocycles. The van der Waals surface area contributed by atoms with Crippen molar-refractivity contribution in [2.24, 2.45) is 0 Å². The summed E-state index contributed by atoms with van der Waals surface area (Å²) in [6, 6.07) is 4.64. The van der Waals surface area contributed by atoms with Crippen molar-refractivity contribution < 1.29 is 38.3 Å². The zero-order valence-corrected chi connectivity index (χ0v) is 10.7. The Morgan fingerprint density at radius 3 is 2.60 bits per heavy atom. The molecule has 0 aliphatic heterocycles. The SMILES string of the molecule is O=S([O-])c1ccc(-n2cccn2)nn1.[Na+]. The minimum atomic E-state index is -2.34. The average Bonchev–Trinajstić information content (AvgIpc) is 2.71. The van der Waals surface area contributed by atoms with Crippen LogP contribution in [0, 0.1) is 0 Å². The third-order valence-corrected chi connectivity index (χ3v) is 2.10. The van der Waals surface area contributed by atoms with Crippen molar-refractivity contribution in [2.75, 3.05) is 0 Å². The van der Waals surface area contributed by atoms with E-state index in [1.165, 1.54) is 16.8 Å². The van der Waals surface area contributed by atoms with Crippen LogP contribution in [0.3, 0.4) is 0 Å².